The topological polar surface area (TPSA) is 40.5 Å². The molecule has 0 atom stereocenters. The van der Waals surface area contributed by atoms with E-state index >= 15 is 0 Å². The third-order valence-electron chi connectivity index (χ3n) is 5.95. The molecule has 0 unspecified atom stereocenters. The summed E-state index contributed by atoms with van der Waals surface area (Å²) in [5.74, 6) is -0.268. The molecule has 0 aromatic heterocycles. The van der Waals surface area contributed by atoms with Gasteiger partial charge in [0.05, 0.1) is 11.1 Å². The van der Waals surface area contributed by atoms with Crippen LogP contribution in [-0.2, 0) is 12.4 Å². The Morgan fingerprint density at radius 3 is 1.53 bits per heavy atom. The third-order valence-corrected chi connectivity index (χ3v) is 5.95. The van der Waals surface area contributed by atoms with Crippen molar-refractivity contribution in [2.45, 2.75) is 26.2 Å². The number of halogens is 6. The van der Waals surface area contributed by atoms with Gasteiger partial charge in [-0.3, -0.25) is 0 Å². The van der Waals surface area contributed by atoms with Crippen LogP contribution >= 0.6 is 0 Å². The van der Waals surface area contributed by atoms with Crippen molar-refractivity contribution < 1.29 is 36.6 Å². The summed E-state index contributed by atoms with van der Waals surface area (Å²) in [6, 6.07) is 15.4. The van der Waals surface area contributed by atoms with Gasteiger partial charge in [0.1, 0.15) is 11.5 Å². The average Bonchev–Trinajstić information content (AvgIpc) is 2.79. The summed E-state index contributed by atoms with van der Waals surface area (Å²) in [5, 5.41) is 20.5. The molecule has 4 rings (SSSR count). The van der Waals surface area contributed by atoms with Gasteiger partial charge in [0.2, 0.25) is 0 Å². The lowest BCUT2D eigenvalue weighted by atomic mass is 9.90. The quantitative estimate of drug-likeness (QED) is 0.275. The fourth-order valence-corrected chi connectivity index (χ4v) is 4.05. The van der Waals surface area contributed by atoms with Gasteiger partial charge in [-0.05, 0) is 71.5 Å². The standard InChI is InChI=1S/C28H20F6O2/c1-15-3-8-21(23(11-15)27(29,30)31)22-10-7-19(12-24(22)28(32,33)34)20-9-6-18(14-26(20)36)17-5-4-16(2)25(35)13-17/h3-14,35-36H,1-2H3. The second-order valence-corrected chi connectivity index (χ2v) is 8.54. The predicted octanol–water partition coefficient (Wildman–Crippen LogP) is 8.75. The summed E-state index contributed by atoms with van der Waals surface area (Å²) in [4.78, 5) is 0. The van der Waals surface area contributed by atoms with Crippen LogP contribution in [0.5, 0.6) is 11.5 Å². The maximum Gasteiger partial charge on any atom is 0.417 e. The molecule has 0 saturated heterocycles. The van der Waals surface area contributed by atoms with Gasteiger partial charge in [0.25, 0.3) is 0 Å². The van der Waals surface area contributed by atoms with Crippen LogP contribution in [0.4, 0.5) is 26.3 Å². The van der Waals surface area contributed by atoms with E-state index < -0.39 is 34.6 Å². The molecule has 0 heterocycles. The molecule has 8 heteroatoms. The number of rotatable bonds is 3. The van der Waals surface area contributed by atoms with Gasteiger partial charge in [-0.25, -0.2) is 0 Å². The van der Waals surface area contributed by atoms with E-state index in [0.717, 1.165) is 24.3 Å². The lowest BCUT2D eigenvalue weighted by Gasteiger charge is -2.19. The first-order valence-electron chi connectivity index (χ1n) is 10.8. The molecule has 0 spiro atoms. The lowest BCUT2D eigenvalue weighted by Crippen LogP contribution is -2.12. The van der Waals surface area contributed by atoms with Gasteiger partial charge in [-0.1, -0.05) is 54.1 Å². The van der Waals surface area contributed by atoms with E-state index in [1.54, 1.807) is 25.1 Å². The Labute approximate surface area is 203 Å². The first-order chi connectivity index (χ1) is 16.8. The molecule has 2 nitrogen and oxygen atoms in total. The highest BCUT2D eigenvalue weighted by Crippen LogP contribution is 2.45. The highest BCUT2D eigenvalue weighted by molar-refractivity contribution is 5.81. The largest absolute Gasteiger partial charge is 0.508 e. The second kappa shape index (κ2) is 8.93. The van der Waals surface area contributed by atoms with Crippen LogP contribution in [-0.4, -0.2) is 10.2 Å². The van der Waals surface area contributed by atoms with Crippen molar-refractivity contribution in [3.05, 3.63) is 95.1 Å². The SMILES string of the molecule is Cc1ccc(-c2ccc(-c3ccc(-c4ccc(C)c(O)c4)cc3O)cc2C(F)(F)F)c(C(F)(F)F)c1. The minimum absolute atomic E-state index is 0.0115. The Morgan fingerprint density at radius 2 is 0.972 bits per heavy atom. The maximum absolute atomic E-state index is 14.0. The van der Waals surface area contributed by atoms with Crippen LogP contribution in [0.25, 0.3) is 33.4 Å². The zero-order chi connectivity index (χ0) is 26.4. The van der Waals surface area contributed by atoms with E-state index in [4.69, 9.17) is 0 Å². The summed E-state index contributed by atoms with van der Waals surface area (Å²) in [7, 11) is 0. The Hall–Kier alpha value is -3.94. The predicted molar refractivity (Wildman–Crippen MR) is 126 cm³/mol. The molecule has 186 valence electrons. The first kappa shape index (κ1) is 25.2. The van der Waals surface area contributed by atoms with Crippen molar-refractivity contribution in [3.63, 3.8) is 0 Å². The Morgan fingerprint density at radius 1 is 0.500 bits per heavy atom. The molecule has 36 heavy (non-hydrogen) atoms. The minimum Gasteiger partial charge on any atom is -0.508 e. The zero-order valence-electron chi connectivity index (χ0n) is 19.1. The smallest absolute Gasteiger partial charge is 0.417 e. The molecule has 4 aromatic carbocycles. The summed E-state index contributed by atoms with van der Waals surface area (Å²) in [5.41, 5.74) is -1.50. The Balaban J connectivity index is 1.84. The normalized spacial score (nSPS) is 12.1. The van der Waals surface area contributed by atoms with E-state index in [1.165, 1.54) is 37.3 Å². The van der Waals surface area contributed by atoms with E-state index in [-0.39, 0.29) is 28.2 Å². The Kier molecular flexibility index (Phi) is 6.24. The van der Waals surface area contributed by atoms with Gasteiger partial charge in [0, 0.05) is 5.56 Å². The molecular formula is C28H20F6O2. The van der Waals surface area contributed by atoms with Gasteiger partial charge in [-0.2, -0.15) is 26.3 Å². The molecule has 0 saturated carbocycles. The molecule has 0 aliphatic carbocycles. The number of phenolic OH excluding ortho intramolecular Hbond substituents is 2. The molecule has 4 aromatic rings. The number of phenols is 2. The van der Waals surface area contributed by atoms with Crippen molar-refractivity contribution in [3.8, 4) is 44.9 Å². The van der Waals surface area contributed by atoms with E-state index in [0.29, 0.717) is 16.7 Å². The zero-order valence-corrected chi connectivity index (χ0v) is 19.1. The molecule has 0 aliphatic heterocycles. The van der Waals surface area contributed by atoms with Crippen LogP contribution in [0.3, 0.4) is 0 Å². The number of hydrogen-bond acceptors (Lipinski definition) is 2. The number of aryl methyl sites for hydroxylation is 2. The fourth-order valence-electron chi connectivity index (χ4n) is 4.05. The average molecular weight is 502 g/mol. The third kappa shape index (κ3) is 4.89. The van der Waals surface area contributed by atoms with Crippen molar-refractivity contribution in [1.29, 1.82) is 0 Å². The highest BCUT2D eigenvalue weighted by Gasteiger charge is 2.38. The molecule has 2 N–H and O–H groups in total. The van der Waals surface area contributed by atoms with Crippen LogP contribution < -0.4 is 0 Å². The van der Waals surface area contributed by atoms with Crippen LogP contribution in [0.15, 0.2) is 72.8 Å². The van der Waals surface area contributed by atoms with Crippen molar-refractivity contribution in [2.75, 3.05) is 0 Å². The summed E-state index contributed by atoms with van der Waals surface area (Å²) >= 11 is 0. The summed E-state index contributed by atoms with van der Waals surface area (Å²) < 4.78 is 83.0. The van der Waals surface area contributed by atoms with Crippen LogP contribution in [0.1, 0.15) is 22.3 Å². The maximum atomic E-state index is 14.0. The van der Waals surface area contributed by atoms with Gasteiger partial charge >= 0.3 is 12.4 Å². The number of hydrogen-bond donors (Lipinski definition) is 2. The summed E-state index contributed by atoms with van der Waals surface area (Å²) in [6.07, 6.45) is -9.80. The monoisotopic (exact) mass is 502 g/mol. The molecule has 0 fully saturated rings. The second-order valence-electron chi connectivity index (χ2n) is 8.54. The van der Waals surface area contributed by atoms with Crippen LogP contribution in [0.2, 0.25) is 0 Å². The number of benzene rings is 4. The van der Waals surface area contributed by atoms with E-state index in [2.05, 4.69) is 0 Å². The van der Waals surface area contributed by atoms with Gasteiger partial charge in [0.15, 0.2) is 0 Å². The van der Waals surface area contributed by atoms with E-state index in [1.807, 2.05) is 0 Å². The van der Waals surface area contributed by atoms with Crippen molar-refractivity contribution >= 4 is 0 Å². The highest BCUT2D eigenvalue weighted by atomic mass is 19.4. The van der Waals surface area contributed by atoms with Crippen molar-refractivity contribution in [1.82, 2.24) is 0 Å². The van der Waals surface area contributed by atoms with Gasteiger partial charge in [-0.15, -0.1) is 0 Å². The van der Waals surface area contributed by atoms with Gasteiger partial charge < -0.3 is 10.2 Å². The first-order valence-corrected chi connectivity index (χ1v) is 10.8. The lowest BCUT2D eigenvalue weighted by molar-refractivity contribution is -0.139. The fraction of sp³-hybridized carbons (Fsp3) is 0.143. The molecule has 0 aliphatic rings. The summed E-state index contributed by atoms with van der Waals surface area (Å²) in [6.45, 7) is 3.15. The minimum atomic E-state index is -4.95. The molecule has 0 radical (unpaired) electrons. The van der Waals surface area contributed by atoms with E-state index in [9.17, 15) is 36.6 Å². The number of alkyl halides is 6. The van der Waals surface area contributed by atoms with Crippen molar-refractivity contribution in [2.24, 2.45) is 0 Å². The molecule has 0 amide bonds. The molecule has 0 bridgehead atoms. The molecular weight excluding hydrogens is 482 g/mol. The number of aromatic hydroxyl groups is 2. The van der Waals surface area contributed by atoms with Crippen LogP contribution in [0, 0.1) is 13.8 Å². The Bertz CT molecular complexity index is 1450.